The van der Waals surface area contributed by atoms with E-state index >= 15 is 0 Å². The van der Waals surface area contributed by atoms with Crippen molar-refractivity contribution in [3.63, 3.8) is 0 Å². The second-order valence-corrected chi connectivity index (χ2v) is 15.0. The van der Waals surface area contributed by atoms with Crippen molar-refractivity contribution in [3.05, 3.63) is 24.3 Å². The van der Waals surface area contributed by atoms with Gasteiger partial charge in [0.1, 0.15) is 0 Å². The Bertz CT molecular complexity index is 565. The average Bonchev–Trinajstić information content (AvgIpc) is 3.02. The predicted molar refractivity (Wildman–Crippen MR) is 205 cm³/mol. The molecule has 0 aliphatic carbocycles. The zero-order valence-corrected chi connectivity index (χ0v) is 31.6. The molecule has 0 saturated carbocycles. The monoisotopic (exact) mass is 615 g/mol. The average molecular weight is 615 g/mol. The summed E-state index contributed by atoms with van der Waals surface area (Å²) in [6.45, 7) is 18.6. The maximum absolute atomic E-state index is 4.74. The van der Waals surface area contributed by atoms with Gasteiger partial charge in [0.2, 0.25) is 0 Å². The molecule has 0 spiro atoms. The molecule has 0 bridgehead atoms. The molecule has 0 heterocycles. The third-order valence-electron chi connectivity index (χ3n) is 10.5. The molecule has 0 fully saturated rings. The Kier molecular flexibility index (Phi) is 34.9. The largest absolute Gasteiger partial charge is 0.0999 e. The maximum atomic E-state index is 4.74. The van der Waals surface area contributed by atoms with Crippen molar-refractivity contribution in [2.75, 3.05) is 0 Å². The second-order valence-electron chi connectivity index (χ2n) is 15.0. The molecule has 0 saturated heterocycles. The van der Waals surface area contributed by atoms with Crippen LogP contribution in [0.5, 0.6) is 0 Å². The number of rotatable bonds is 37. The van der Waals surface area contributed by atoms with Gasteiger partial charge in [0.25, 0.3) is 0 Å². The molecule has 0 aliphatic rings. The standard InChI is InChI=1S/C44H86/c1-7-10-13-16-19-22-23-24-27-31-36-41(4)37-32-30-33-38-42(5)43(6)44(39-34-28-25-20-17-14-11-8-2)40-35-29-26-21-18-15-12-9-3/h42,44H,4,6-40H2,1-3,5H3. The molecule has 0 aliphatic heterocycles. The number of hydrogen-bond donors (Lipinski definition) is 0. The van der Waals surface area contributed by atoms with Crippen LogP contribution in [0.2, 0.25) is 0 Å². The smallest absolute Gasteiger partial charge is 0.0203 e. The van der Waals surface area contributed by atoms with Gasteiger partial charge in [-0.15, -0.1) is 0 Å². The Morgan fingerprint density at radius 2 is 0.636 bits per heavy atom. The third kappa shape index (κ3) is 30.2. The Hall–Kier alpha value is -0.520. The van der Waals surface area contributed by atoms with Gasteiger partial charge >= 0.3 is 0 Å². The minimum absolute atomic E-state index is 0.693. The van der Waals surface area contributed by atoms with Crippen molar-refractivity contribution in [2.24, 2.45) is 11.8 Å². The lowest BCUT2D eigenvalue weighted by Crippen LogP contribution is -2.11. The Morgan fingerprint density at radius 3 is 1.00 bits per heavy atom. The van der Waals surface area contributed by atoms with Crippen molar-refractivity contribution in [2.45, 2.75) is 246 Å². The van der Waals surface area contributed by atoms with Crippen molar-refractivity contribution in [1.82, 2.24) is 0 Å². The van der Waals surface area contributed by atoms with Crippen LogP contribution in [-0.2, 0) is 0 Å². The molecular weight excluding hydrogens is 528 g/mol. The van der Waals surface area contributed by atoms with E-state index in [0.717, 1.165) is 5.92 Å². The van der Waals surface area contributed by atoms with E-state index in [1.54, 1.807) is 5.57 Å². The molecule has 0 heteroatoms. The van der Waals surface area contributed by atoms with Gasteiger partial charge in [-0.2, -0.15) is 0 Å². The highest BCUT2D eigenvalue weighted by molar-refractivity contribution is 5.04. The molecule has 44 heavy (non-hydrogen) atoms. The Morgan fingerprint density at radius 1 is 0.364 bits per heavy atom. The lowest BCUT2D eigenvalue weighted by atomic mass is 9.81. The van der Waals surface area contributed by atoms with Crippen LogP contribution in [0.25, 0.3) is 0 Å². The van der Waals surface area contributed by atoms with Crippen LogP contribution >= 0.6 is 0 Å². The van der Waals surface area contributed by atoms with E-state index in [1.807, 2.05) is 0 Å². The van der Waals surface area contributed by atoms with Gasteiger partial charge in [-0.1, -0.05) is 225 Å². The molecule has 1 atom stereocenters. The summed E-state index contributed by atoms with van der Waals surface area (Å²) in [6, 6.07) is 0. The van der Waals surface area contributed by atoms with E-state index in [4.69, 9.17) is 6.58 Å². The highest BCUT2D eigenvalue weighted by atomic mass is 14.2. The lowest BCUT2D eigenvalue weighted by Gasteiger charge is -2.25. The van der Waals surface area contributed by atoms with Crippen LogP contribution in [0.3, 0.4) is 0 Å². The van der Waals surface area contributed by atoms with Gasteiger partial charge < -0.3 is 0 Å². The maximum Gasteiger partial charge on any atom is -0.0203 e. The summed E-state index contributed by atoms with van der Waals surface area (Å²) in [6.07, 6.45) is 47.8. The van der Waals surface area contributed by atoms with Crippen molar-refractivity contribution in [1.29, 1.82) is 0 Å². The molecule has 0 amide bonds. The molecule has 0 nitrogen and oxygen atoms in total. The fourth-order valence-electron chi connectivity index (χ4n) is 7.14. The van der Waals surface area contributed by atoms with Gasteiger partial charge in [-0.3, -0.25) is 0 Å². The number of unbranched alkanes of at least 4 members (excludes halogenated alkanes) is 25. The van der Waals surface area contributed by atoms with Gasteiger partial charge in [0.05, 0.1) is 0 Å². The first-order valence-corrected chi connectivity index (χ1v) is 20.9. The van der Waals surface area contributed by atoms with Crippen LogP contribution < -0.4 is 0 Å². The van der Waals surface area contributed by atoms with Gasteiger partial charge in [0.15, 0.2) is 0 Å². The first-order chi connectivity index (χ1) is 21.6. The molecule has 0 rings (SSSR count). The highest BCUT2D eigenvalue weighted by Gasteiger charge is 2.17. The summed E-state index contributed by atoms with van der Waals surface area (Å²) >= 11 is 0. The van der Waals surface area contributed by atoms with Gasteiger partial charge in [-0.25, -0.2) is 0 Å². The normalized spacial score (nSPS) is 12.3. The van der Waals surface area contributed by atoms with Gasteiger partial charge in [0, 0.05) is 0 Å². The summed E-state index contributed by atoms with van der Waals surface area (Å²) < 4.78 is 0. The van der Waals surface area contributed by atoms with E-state index < -0.39 is 0 Å². The molecule has 0 radical (unpaired) electrons. The topological polar surface area (TPSA) is 0 Å². The second kappa shape index (κ2) is 35.3. The van der Waals surface area contributed by atoms with Crippen LogP contribution in [0, 0.1) is 11.8 Å². The fourth-order valence-corrected chi connectivity index (χ4v) is 7.14. The summed E-state index contributed by atoms with van der Waals surface area (Å²) in [7, 11) is 0. The fraction of sp³-hybridized carbons (Fsp3) is 0.909. The molecule has 262 valence electrons. The number of allylic oxidation sites excluding steroid dienone is 2. The summed E-state index contributed by atoms with van der Waals surface area (Å²) in [4.78, 5) is 0. The molecule has 1 unspecified atom stereocenters. The van der Waals surface area contributed by atoms with E-state index in [2.05, 4.69) is 34.3 Å². The van der Waals surface area contributed by atoms with Crippen molar-refractivity contribution >= 4 is 0 Å². The Labute approximate surface area is 281 Å². The lowest BCUT2D eigenvalue weighted by molar-refractivity contribution is 0.404. The van der Waals surface area contributed by atoms with Crippen LogP contribution in [0.1, 0.15) is 246 Å². The molecule has 0 aromatic rings. The van der Waals surface area contributed by atoms with Crippen LogP contribution in [0.4, 0.5) is 0 Å². The first-order valence-electron chi connectivity index (χ1n) is 20.9. The Balaban J connectivity index is 4.14. The highest BCUT2D eigenvalue weighted by Crippen LogP contribution is 2.32. The summed E-state index contributed by atoms with van der Waals surface area (Å²) in [5.74, 6) is 1.46. The van der Waals surface area contributed by atoms with E-state index in [-0.39, 0.29) is 0 Å². The quantitative estimate of drug-likeness (QED) is 0.0482. The van der Waals surface area contributed by atoms with Gasteiger partial charge in [-0.05, 0) is 56.8 Å². The third-order valence-corrected chi connectivity index (χ3v) is 10.5. The van der Waals surface area contributed by atoms with E-state index in [1.165, 1.54) is 224 Å². The zero-order valence-electron chi connectivity index (χ0n) is 31.6. The minimum atomic E-state index is 0.693. The molecular formula is C44H86. The van der Waals surface area contributed by atoms with E-state index in [0.29, 0.717) is 5.92 Å². The number of hydrogen-bond acceptors (Lipinski definition) is 0. The molecule has 0 N–H and O–H groups in total. The van der Waals surface area contributed by atoms with E-state index in [9.17, 15) is 0 Å². The van der Waals surface area contributed by atoms with Crippen LogP contribution in [0.15, 0.2) is 24.3 Å². The zero-order chi connectivity index (χ0) is 32.4. The summed E-state index contributed by atoms with van der Waals surface area (Å²) in [5.41, 5.74) is 3.11. The van der Waals surface area contributed by atoms with Crippen molar-refractivity contribution < 1.29 is 0 Å². The first kappa shape index (κ1) is 43.5. The molecule has 0 aromatic heterocycles. The van der Waals surface area contributed by atoms with Crippen LogP contribution in [-0.4, -0.2) is 0 Å². The molecule has 0 aromatic carbocycles. The SMILES string of the molecule is C=C(CCCCCCCCCCCC)CCCCCC(C)C(=C)C(CCCCCCCCCC)CCCCCCCCCC. The minimum Gasteiger partial charge on any atom is -0.0999 e. The predicted octanol–water partition coefficient (Wildman–Crippen LogP) is 16.7. The summed E-state index contributed by atoms with van der Waals surface area (Å²) in [5, 5.41) is 0. The van der Waals surface area contributed by atoms with Crippen molar-refractivity contribution in [3.8, 4) is 0 Å².